The van der Waals surface area contributed by atoms with Crippen molar-refractivity contribution >= 4 is 0 Å². The van der Waals surface area contributed by atoms with Crippen LogP contribution in [0.15, 0.2) is 0 Å². The van der Waals surface area contributed by atoms with Crippen LogP contribution in [0, 0.1) is 11.3 Å². The molecule has 1 aliphatic heterocycles. The summed E-state index contributed by atoms with van der Waals surface area (Å²) in [6.07, 6.45) is 9.78. The molecular formula is C17H34N2. The number of rotatable bonds is 5. The molecule has 0 bridgehead atoms. The van der Waals surface area contributed by atoms with E-state index >= 15 is 0 Å². The minimum Gasteiger partial charge on any atom is -0.317 e. The summed E-state index contributed by atoms with van der Waals surface area (Å²) in [5.41, 5.74) is 0.600. The second-order valence-electron chi connectivity index (χ2n) is 7.58. The molecule has 112 valence electrons. The third kappa shape index (κ3) is 4.75. The number of nitrogens with zero attached hydrogens (tertiary/aromatic N) is 1. The van der Waals surface area contributed by atoms with Crippen LogP contribution < -0.4 is 5.32 Å². The van der Waals surface area contributed by atoms with Crippen molar-refractivity contribution in [1.82, 2.24) is 10.2 Å². The summed E-state index contributed by atoms with van der Waals surface area (Å²) >= 11 is 0. The van der Waals surface area contributed by atoms with E-state index in [2.05, 4.69) is 31.0 Å². The molecule has 0 spiro atoms. The van der Waals surface area contributed by atoms with Crippen molar-refractivity contribution in [2.24, 2.45) is 11.3 Å². The molecule has 1 N–H and O–H groups in total. The third-order valence-corrected chi connectivity index (χ3v) is 5.29. The summed E-state index contributed by atoms with van der Waals surface area (Å²) in [4.78, 5) is 2.84. The van der Waals surface area contributed by atoms with Gasteiger partial charge in [0, 0.05) is 12.6 Å². The van der Waals surface area contributed by atoms with Gasteiger partial charge >= 0.3 is 0 Å². The molecule has 0 radical (unpaired) electrons. The zero-order valence-corrected chi connectivity index (χ0v) is 13.4. The third-order valence-electron chi connectivity index (χ3n) is 5.29. The minimum atomic E-state index is 0.600. The lowest BCUT2D eigenvalue weighted by molar-refractivity contribution is 0.0871. The van der Waals surface area contributed by atoms with Gasteiger partial charge in [-0.2, -0.15) is 0 Å². The number of hydrogen-bond acceptors (Lipinski definition) is 2. The summed E-state index contributed by atoms with van der Waals surface area (Å²) in [6.45, 7) is 12.4. The van der Waals surface area contributed by atoms with Crippen LogP contribution in [0.25, 0.3) is 0 Å². The van der Waals surface area contributed by atoms with Crippen molar-refractivity contribution in [2.45, 2.75) is 71.8 Å². The van der Waals surface area contributed by atoms with Gasteiger partial charge in [-0.15, -0.1) is 0 Å². The fourth-order valence-corrected chi connectivity index (χ4v) is 3.86. The van der Waals surface area contributed by atoms with Crippen LogP contribution in [0.4, 0.5) is 0 Å². The fourth-order valence-electron chi connectivity index (χ4n) is 3.86. The monoisotopic (exact) mass is 266 g/mol. The van der Waals surface area contributed by atoms with Crippen LogP contribution in [0.5, 0.6) is 0 Å². The van der Waals surface area contributed by atoms with E-state index in [1.54, 1.807) is 0 Å². The number of nitrogens with one attached hydrogen (secondary N) is 1. The molecule has 0 aromatic rings. The number of hydrogen-bond donors (Lipinski definition) is 1. The Labute approximate surface area is 120 Å². The van der Waals surface area contributed by atoms with Crippen LogP contribution >= 0.6 is 0 Å². The summed E-state index contributed by atoms with van der Waals surface area (Å²) in [7, 11) is 0. The quantitative estimate of drug-likeness (QED) is 0.817. The van der Waals surface area contributed by atoms with Gasteiger partial charge in [-0.3, -0.25) is 0 Å². The predicted molar refractivity (Wildman–Crippen MR) is 83.5 cm³/mol. The van der Waals surface area contributed by atoms with E-state index in [1.165, 1.54) is 71.1 Å². The van der Waals surface area contributed by atoms with E-state index in [4.69, 9.17) is 0 Å². The average molecular weight is 266 g/mol. The zero-order chi connectivity index (χ0) is 13.7. The molecule has 1 aliphatic carbocycles. The molecule has 2 fully saturated rings. The summed E-state index contributed by atoms with van der Waals surface area (Å²) in [6, 6.07) is 0.878. The summed E-state index contributed by atoms with van der Waals surface area (Å²) in [5.74, 6) is 0.947. The molecule has 0 atom stereocenters. The smallest absolute Gasteiger partial charge is 0.00957 e. The standard InChI is InChI=1S/C17H34N2/c1-4-13-19(14-15-7-11-18-12-8-15)16-5-9-17(2,3)10-6-16/h15-16,18H,4-14H2,1-3H3. The lowest BCUT2D eigenvalue weighted by Crippen LogP contribution is -2.44. The van der Waals surface area contributed by atoms with Crippen molar-refractivity contribution in [1.29, 1.82) is 0 Å². The molecule has 1 saturated carbocycles. The molecular weight excluding hydrogens is 232 g/mol. The molecule has 2 aliphatic rings. The van der Waals surface area contributed by atoms with E-state index in [-0.39, 0.29) is 0 Å². The molecule has 2 heteroatoms. The normalized spacial score (nSPS) is 25.9. The first-order chi connectivity index (χ1) is 9.11. The Morgan fingerprint density at radius 2 is 1.68 bits per heavy atom. The highest BCUT2D eigenvalue weighted by Gasteiger charge is 2.30. The lowest BCUT2D eigenvalue weighted by atomic mass is 9.75. The van der Waals surface area contributed by atoms with E-state index in [0.29, 0.717) is 5.41 Å². The largest absolute Gasteiger partial charge is 0.317 e. The molecule has 2 nitrogen and oxygen atoms in total. The van der Waals surface area contributed by atoms with E-state index in [0.717, 1.165) is 12.0 Å². The first-order valence-electron chi connectivity index (χ1n) is 8.55. The zero-order valence-electron chi connectivity index (χ0n) is 13.4. The predicted octanol–water partition coefficient (Wildman–Crippen LogP) is 3.67. The van der Waals surface area contributed by atoms with Gasteiger partial charge in [-0.1, -0.05) is 20.8 Å². The topological polar surface area (TPSA) is 15.3 Å². The molecule has 1 saturated heterocycles. The van der Waals surface area contributed by atoms with Gasteiger partial charge < -0.3 is 10.2 Å². The Hall–Kier alpha value is -0.0800. The molecule has 2 rings (SSSR count). The molecule has 0 aromatic heterocycles. The van der Waals surface area contributed by atoms with Gasteiger partial charge in [0.1, 0.15) is 0 Å². The Morgan fingerprint density at radius 1 is 1.05 bits per heavy atom. The highest BCUT2D eigenvalue weighted by Crippen LogP contribution is 2.37. The molecule has 0 unspecified atom stereocenters. The van der Waals surface area contributed by atoms with E-state index in [9.17, 15) is 0 Å². The maximum atomic E-state index is 3.49. The lowest BCUT2D eigenvalue weighted by Gasteiger charge is -2.42. The number of piperidine rings is 1. The second kappa shape index (κ2) is 7.08. The maximum absolute atomic E-state index is 3.49. The van der Waals surface area contributed by atoms with Gasteiger partial charge in [0.2, 0.25) is 0 Å². The highest BCUT2D eigenvalue weighted by atomic mass is 15.2. The van der Waals surface area contributed by atoms with Crippen LogP contribution in [0.3, 0.4) is 0 Å². The van der Waals surface area contributed by atoms with Crippen molar-refractivity contribution < 1.29 is 0 Å². The molecule has 0 aromatic carbocycles. The first kappa shape index (κ1) is 15.3. The summed E-state index contributed by atoms with van der Waals surface area (Å²) < 4.78 is 0. The summed E-state index contributed by atoms with van der Waals surface area (Å²) in [5, 5.41) is 3.49. The Morgan fingerprint density at radius 3 is 2.26 bits per heavy atom. The SMILES string of the molecule is CCCN(CC1CCNCC1)C1CCC(C)(C)CC1. The van der Waals surface area contributed by atoms with Gasteiger partial charge in [0.25, 0.3) is 0 Å². The fraction of sp³-hybridized carbons (Fsp3) is 1.00. The van der Waals surface area contributed by atoms with E-state index in [1.807, 2.05) is 0 Å². The Balaban J connectivity index is 1.84. The van der Waals surface area contributed by atoms with Crippen molar-refractivity contribution in [3.05, 3.63) is 0 Å². The molecule has 19 heavy (non-hydrogen) atoms. The van der Waals surface area contributed by atoms with Crippen molar-refractivity contribution in [3.8, 4) is 0 Å². The average Bonchev–Trinajstić information content (AvgIpc) is 2.39. The maximum Gasteiger partial charge on any atom is 0.00957 e. The highest BCUT2D eigenvalue weighted by molar-refractivity contribution is 4.85. The van der Waals surface area contributed by atoms with Crippen LogP contribution in [0.1, 0.15) is 65.7 Å². The van der Waals surface area contributed by atoms with Gasteiger partial charge in [0.15, 0.2) is 0 Å². The van der Waals surface area contributed by atoms with Crippen molar-refractivity contribution in [2.75, 3.05) is 26.2 Å². The van der Waals surface area contributed by atoms with Crippen LogP contribution in [0.2, 0.25) is 0 Å². The molecule has 0 amide bonds. The first-order valence-corrected chi connectivity index (χ1v) is 8.55. The van der Waals surface area contributed by atoms with Crippen molar-refractivity contribution in [3.63, 3.8) is 0 Å². The van der Waals surface area contributed by atoms with Crippen LogP contribution in [-0.2, 0) is 0 Å². The Bertz CT molecular complexity index is 246. The van der Waals surface area contributed by atoms with Crippen LogP contribution in [-0.4, -0.2) is 37.1 Å². The Kier molecular flexibility index (Phi) is 5.70. The molecule has 1 heterocycles. The van der Waals surface area contributed by atoms with Gasteiger partial charge in [0.05, 0.1) is 0 Å². The van der Waals surface area contributed by atoms with E-state index < -0.39 is 0 Å². The second-order valence-corrected chi connectivity index (χ2v) is 7.58. The minimum absolute atomic E-state index is 0.600. The van der Waals surface area contributed by atoms with Gasteiger partial charge in [-0.25, -0.2) is 0 Å². The van der Waals surface area contributed by atoms with Gasteiger partial charge in [-0.05, 0) is 75.9 Å².